The summed E-state index contributed by atoms with van der Waals surface area (Å²) < 4.78 is 1.67. The second kappa shape index (κ2) is 7.10. The minimum absolute atomic E-state index is 0.157. The molecule has 0 unspecified atom stereocenters. The fraction of sp³-hybridized carbons (Fsp3) is 0.182. The Bertz CT molecular complexity index is 1230. The molecule has 0 fully saturated rings. The van der Waals surface area contributed by atoms with Crippen molar-refractivity contribution >= 4 is 22.5 Å². The van der Waals surface area contributed by atoms with E-state index in [1.165, 1.54) is 11.1 Å². The van der Waals surface area contributed by atoms with E-state index in [0.29, 0.717) is 11.4 Å². The number of carbonyl (C=O) groups excluding carboxylic acids is 1. The van der Waals surface area contributed by atoms with Crippen LogP contribution in [0, 0.1) is 0 Å². The Hall–Kier alpha value is -3.58. The van der Waals surface area contributed by atoms with Crippen molar-refractivity contribution in [2.75, 3.05) is 11.9 Å². The van der Waals surface area contributed by atoms with Crippen LogP contribution in [0.5, 0.6) is 0 Å². The molecule has 2 aromatic heterocycles. The average molecular weight is 384 g/mol. The van der Waals surface area contributed by atoms with Crippen LogP contribution >= 0.6 is 0 Å². The molecule has 0 aliphatic carbocycles. The van der Waals surface area contributed by atoms with Crippen molar-refractivity contribution in [1.82, 2.24) is 25.3 Å². The summed E-state index contributed by atoms with van der Waals surface area (Å²) in [7, 11) is 1.84. The summed E-state index contributed by atoms with van der Waals surface area (Å²) >= 11 is 0. The first-order valence-electron chi connectivity index (χ1n) is 9.56. The molecule has 0 spiro atoms. The number of hydrogen-bond acceptors (Lipinski definition) is 5. The first kappa shape index (κ1) is 17.5. The van der Waals surface area contributed by atoms with E-state index in [0.717, 1.165) is 41.5 Å². The van der Waals surface area contributed by atoms with Gasteiger partial charge in [-0.15, -0.1) is 5.10 Å². The van der Waals surface area contributed by atoms with Crippen LogP contribution in [0.2, 0.25) is 0 Å². The van der Waals surface area contributed by atoms with E-state index in [1.807, 2.05) is 55.7 Å². The highest BCUT2D eigenvalue weighted by atomic mass is 16.1. The van der Waals surface area contributed by atoms with Crippen molar-refractivity contribution in [2.45, 2.75) is 13.0 Å². The van der Waals surface area contributed by atoms with Crippen LogP contribution in [0.3, 0.4) is 0 Å². The first-order valence-corrected chi connectivity index (χ1v) is 9.56. The van der Waals surface area contributed by atoms with Gasteiger partial charge < -0.3 is 10.6 Å². The number of pyridine rings is 1. The minimum Gasteiger partial charge on any atom is -0.312 e. The van der Waals surface area contributed by atoms with E-state index in [2.05, 4.69) is 25.9 Å². The molecule has 0 saturated heterocycles. The molecule has 144 valence electrons. The van der Waals surface area contributed by atoms with Crippen LogP contribution in [0.4, 0.5) is 5.82 Å². The van der Waals surface area contributed by atoms with Gasteiger partial charge in [0.25, 0.3) is 5.91 Å². The predicted octanol–water partition coefficient (Wildman–Crippen LogP) is 2.93. The van der Waals surface area contributed by atoms with Crippen LogP contribution < -0.4 is 10.6 Å². The number of anilines is 1. The highest BCUT2D eigenvalue weighted by Gasteiger charge is 2.13. The maximum Gasteiger partial charge on any atom is 0.256 e. The molecule has 5 rings (SSSR count). The number of fused-ring (bicyclic) bond motifs is 2. The molecule has 4 aromatic rings. The predicted molar refractivity (Wildman–Crippen MR) is 112 cm³/mol. The molecule has 3 heterocycles. The molecular formula is C22H20N6O. The molecule has 1 aliphatic heterocycles. The van der Waals surface area contributed by atoms with Gasteiger partial charge in [0.05, 0.1) is 6.20 Å². The van der Waals surface area contributed by atoms with Crippen molar-refractivity contribution < 1.29 is 4.79 Å². The molecular weight excluding hydrogens is 364 g/mol. The van der Waals surface area contributed by atoms with Crippen LogP contribution in [0.15, 0.2) is 54.9 Å². The summed E-state index contributed by atoms with van der Waals surface area (Å²) in [4.78, 5) is 17.1. The summed E-state index contributed by atoms with van der Waals surface area (Å²) in [6.45, 7) is 1.78. The van der Waals surface area contributed by atoms with Gasteiger partial charge in [-0.2, -0.15) is 0 Å². The number of benzene rings is 2. The fourth-order valence-corrected chi connectivity index (χ4v) is 3.66. The molecule has 0 radical (unpaired) electrons. The average Bonchev–Trinajstić information content (AvgIpc) is 3.19. The summed E-state index contributed by atoms with van der Waals surface area (Å²) in [5.41, 5.74) is 4.91. The molecule has 7 heteroatoms. The Morgan fingerprint density at radius 1 is 1.10 bits per heavy atom. The van der Waals surface area contributed by atoms with Crippen molar-refractivity contribution in [2.24, 2.45) is 7.05 Å². The van der Waals surface area contributed by atoms with Crippen LogP contribution in [0.25, 0.3) is 22.0 Å². The largest absolute Gasteiger partial charge is 0.312 e. The van der Waals surface area contributed by atoms with Crippen molar-refractivity contribution in [3.05, 3.63) is 71.5 Å². The van der Waals surface area contributed by atoms with Gasteiger partial charge in [-0.1, -0.05) is 23.4 Å². The van der Waals surface area contributed by atoms with Crippen LogP contribution in [-0.2, 0) is 20.0 Å². The zero-order chi connectivity index (χ0) is 19.8. The van der Waals surface area contributed by atoms with E-state index < -0.39 is 0 Å². The quantitative estimate of drug-likeness (QED) is 0.567. The molecule has 0 bridgehead atoms. The number of nitrogens with one attached hydrogen (secondary N) is 2. The van der Waals surface area contributed by atoms with Crippen molar-refractivity contribution in [3.8, 4) is 11.3 Å². The Labute approximate surface area is 167 Å². The molecule has 2 aromatic carbocycles. The van der Waals surface area contributed by atoms with Crippen molar-refractivity contribution in [3.63, 3.8) is 0 Å². The standard InChI is InChI=1S/C22H20N6O/c1-28-13-20(26-27-28)15-3-5-17-12-24-21(10-18(17)8-15)25-22(29)16-4-2-14-6-7-23-11-19(14)9-16/h2-5,8-10,12-13,23H,6-7,11H2,1H3,(H,24,25,29). The van der Waals surface area contributed by atoms with E-state index in [1.54, 1.807) is 10.9 Å². The van der Waals surface area contributed by atoms with Gasteiger partial charge in [0.15, 0.2) is 0 Å². The third kappa shape index (κ3) is 3.48. The molecule has 7 nitrogen and oxygen atoms in total. The monoisotopic (exact) mass is 384 g/mol. The number of rotatable bonds is 3. The maximum atomic E-state index is 12.7. The summed E-state index contributed by atoms with van der Waals surface area (Å²) in [6.07, 6.45) is 4.63. The highest BCUT2D eigenvalue weighted by Crippen LogP contribution is 2.24. The lowest BCUT2D eigenvalue weighted by Gasteiger charge is -2.17. The van der Waals surface area contributed by atoms with Crippen LogP contribution in [-0.4, -0.2) is 32.4 Å². The number of amides is 1. The molecule has 0 atom stereocenters. The number of carbonyl (C=O) groups is 1. The van der Waals surface area contributed by atoms with E-state index >= 15 is 0 Å². The Balaban J connectivity index is 1.42. The minimum atomic E-state index is -0.157. The molecule has 1 aliphatic rings. The molecule has 0 saturated carbocycles. The summed E-state index contributed by atoms with van der Waals surface area (Å²) in [6, 6.07) is 13.8. The van der Waals surface area contributed by atoms with Gasteiger partial charge in [0, 0.05) is 36.3 Å². The number of nitrogens with zero attached hydrogens (tertiary/aromatic N) is 4. The van der Waals surface area contributed by atoms with Gasteiger partial charge in [-0.3, -0.25) is 9.48 Å². The molecule has 1 amide bonds. The normalized spacial score (nSPS) is 13.3. The van der Waals surface area contributed by atoms with Gasteiger partial charge in [-0.05, 0) is 53.7 Å². The molecule has 29 heavy (non-hydrogen) atoms. The third-order valence-electron chi connectivity index (χ3n) is 5.22. The highest BCUT2D eigenvalue weighted by molar-refractivity contribution is 6.04. The zero-order valence-corrected chi connectivity index (χ0v) is 16.0. The molecule has 2 N–H and O–H groups in total. The van der Waals surface area contributed by atoms with Crippen LogP contribution in [0.1, 0.15) is 21.5 Å². The Morgan fingerprint density at radius 3 is 2.90 bits per heavy atom. The SMILES string of the molecule is Cn1cc(-c2ccc3cnc(NC(=O)c4ccc5c(c4)CNCC5)cc3c2)nn1. The van der Waals surface area contributed by atoms with Gasteiger partial charge in [0.2, 0.25) is 0 Å². The van der Waals surface area contributed by atoms with Gasteiger partial charge in [-0.25, -0.2) is 4.98 Å². The number of hydrogen-bond donors (Lipinski definition) is 2. The lowest BCUT2D eigenvalue weighted by atomic mass is 9.98. The lowest BCUT2D eigenvalue weighted by molar-refractivity contribution is 0.102. The van der Waals surface area contributed by atoms with E-state index in [9.17, 15) is 4.79 Å². The first-order chi connectivity index (χ1) is 14.2. The Morgan fingerprint density at radius 2 is 2.03 bits per heavy atom. The number of aromatic nitrogens is 4. The fourth-order valence-electron chi connectivity index (χ4n) is 3.66. The second-order valence-electron chi connectivity index (χ2n) is 7.27. The lowest BCUT2D eigenvalue weighted by Crippen LogP contribution is -2.24. The van der Waals surface area contributed by atoms with E-state index in [4.69, 9.17) is 0 Å². The second-order valence-corrected chi connectivity index (χ2v) is 7.27. The van der Waals surface area contributed by atoms with E-state index in [-0.39, 0.29) is 5.91 Å². The van der Waals surface area contributed by atoms with Gasteiger partial charge in [0.1, 0.15) is 11.5 Å². The smallest absolute Gasteiger partial charge is 0.256 e. The maximum absolute atomic E-state index is 12.7. The summed E-state index contributed by atoms with van der Waals surface area (Å²) in [5, 5.41) is 16.4. The summed E-state index contributed by atoms with van der Waals surface area (Å²) in [5.74, 6) is 0.366. The Kier molecular flexibility index (Phi) is 4.29. The van der Waals surface area contributed by atoms with Crippen molar-refractivity contribution in [1.29, 1.82) is 0 Å². The van der Waals surface area contributed by atoms with Gasteiger partial charge >= 0.3 is 0 Å². The third-order valence-corrected chi connectivity index (χ3v) is 5.22. The topological polar surface area (TPSA) is 84.7 Å². The zero-order valence-electron chi connectivity index (χ0n) is 16.0. The number of aryl methyl sites for hydroxylation is 1.